The highest BCUT2D eigenvalue weighted by Crippen LogP contribution is 2.48. The van der Waals surface area contributed by atoms with Crippen LogP contribution in [0.3, 0.4) is 0 Å². The van der Waals surface area contributed by atoms with Crippen molar-refractivity contribution < 1.29 is 9.59 Å². The van der Waals surface area contributed by atoms with Crippen LogP contribution >= 0.6 is 0 Å². The van der Waals surface area contributed by atoms with E-state index in [2.05, 4.69) is 10.6 Å². The number of nitrogens with one attached hydrogen (secondary N) is 2. The smallest absolute Gasteiger partial charge is 0.315 e. The topological polar surface area (TPSA) is 61.4 Å². The Morgan fingerprint density at radius 3 is 1.91 bits per heavy atom. The normalized spacial score (nSPS) is 25.5. The highest BCUT2D eigenvalue weighted by molar-refractivity contribution is 5.75. The molecule has 0 radical (unpaired) electrons. The zero-order valence-electron chi connectivity index (χ0n) is 14.4. The Morgan fingerprint density at radius 1 is 0.870 bits per heavy atom. The number of hydrogen-bond acceptors (Lipinski definition) is 2. The molecule has 2 aliphatic carbocycles. The molecule has 2 N–H and O–H groups in total. The van der Waals surface area contributed by atoms with E-state index in [0.29, 0.717) is 11.5 Å². The van der Waals surface area contributed by atoms with E-state index in [4.69, 9.17) is 0 Å². The van der Waals surface area contributed by atoms with E-state index in [1.165, 1.54) is 38.5 Å². The Hall–Kier alpha value is -1.26. The highest BCUT2D eigenvalue weighted by atomic mass is 16.2. The fraction of sp³-hybridized carbons (Fsp3) is 0.889. The third-order valence-electron chi connectivity index (χ3n) is 6.32. The van der Waals surface area contributed by atoms with Crippen LogP contribution in [0.1, 0.15) is 71.1 Å². The summed E-state index contributed by atoms with van der Waals surface area (Å²) in [6, 6.07) is 0.535. The van der Waals surface area contributed by atoms with Crippen molar-refractivity contribution in [2.75, 3.05) is 13.1 Å². The lowest BCUT2D eigenvalue weighted by atomic mass is 9.71. The van der Waals surface area contributed by atoms with Gasteiger partial charge in [-0.3, -0.25) is 4.79 Å². The Bertz CT molecular complexity index is 428. The number of carbonyl (C=O) groups excluding carboxylic acids is 2. The number of piperidine rings is 1. The monoisotopic (exact) mass is 321 g/mol. The molecule has 0 atom stereocenters. The van der Waals surface area contributed by atoms with E-state index in [9.17, 15) is 9.59 Å². The van der Waals surface area contributed by atoms with Crippen LogP contribution in [-0.4, -0.2) is 42.0 Å². The van der Waals surface area contributed by atoms with E-state index >= 15 is 0 Å². The van der Waals surface area contributed by atoms with Crippen LogP contribution in [0.25, 0.3) is 0 Å². The van der Waals surface area contributed by atoms with Crippen molar-refractivity contribution in [3.63, 3.8) is 0 Å². The fourth-order valence-corrected chi connectivity index (χ4v) is 4.75. The summed E-state index contributed by atoms with van der Waals surface area (Å²) in [4.78, 5) is 25.4. The third kappa shape index (κ3) is 4.18. The first-order valence-corrected chi connectivity index (χ1v) is 9.39. The summed E-state index contributed by atoms with van der Waals surface area (Å²) in [7, 11) is 0. The third-order valence-corrected chi connectivity index (χ3v) is 6.32. The first kappa shape index (κ1) is 16.6. The van der Waals surface area contributed by atoms with Crippen LogP contribution in [0.5, 0.6) is 0 Å². The second-order valence-corrected chi connectivity index (χ2v) is 7.88. The van der Waals surface area contributed by atoms with Crippen molar-refractivity contribution in [1.29, 1.82) is 0 Å². The molecule has 130 valence electrons. The van der Waals surface area contributed by atoms with Gasteiger partial charge in [-0.15, -0.1) is 0 Å². The molecule has 3 fully saturated rings. The Balaban J connectivity index is 1.36. The number of urea groups is 1. The first-order chi connectivity index (χ1) is 11.1. The molecule has 3 amide bonds. The number of nitrogens with zero attached hydrogens (tertiary/aromatic N) is 1. The standard InChI is InChI=1S/C18H31N3O2/c1-14(22)21-12-6-16(7-13-21)20-17(23)19-15-4-10-18(11-5-15)8-2-3-9-18/h15-16H,2-13H2,1H3,(H2,19,20,23). The number of likely N-dealkylation sites (tertiary alicyclic amines) is 1. The molecule has 3 rings (SSSR count). The van der Waals surface area contributed by atoms with Crippen LogP contribution in [0.2, 0.25) is 0 Å². The van der Waals surface area contributed by atoms with Gasteiger partial charge in [0.1, 0.15) is 0 Å². The first-order valence-electron chi connectivity index (χ1n) is 9.39. The van der Waals surface area contributed by atoms with Gasteiger partial charge in [-0.05, 0) is 56.8 Å². The predicted molar refractivity (Wildman–Crippen MR) is 90.1 cm³/mol. The molecule has 0 aromatic heterocycles. The average Bonchev–Trinajstić information content (AvgIpc) is 2.99. The molecular formula is C18H31N3O2. The Labute approximate surface area is 139 Å². The fourth-order valence-electron chi connectivity index (χ4n) is 4.75. The Morgan fingerprint density at radius 2 is 1.39 bits per heavy atom. The maximum Gasteiger partial charge on any atom is 0.315 e. The van der Waals surface area contributed by atoms with Gasteiger partial charge in [0.25, 0.3) is 0 Å². The quantitative estimate of drug-likeness (QED) is 0.821. The molecule has 1 aliphatic heterocycles. The molecule has 1 saturated heterocycles. The summed E-state index contributed by atoms with van der Waals surface area (Å²) in [6.45, 7) is 3.12. The Kier molecular flexibility index (Phi) is 5.12. The lowest BCUT2D eigenvalue weighted by molar-refractivity contribution is -0.129. The van der Waals surface area contributed by atoms with Gasteiger partial charge in [-0.25, -0.2) is 4.79 Å². The number of rotatable bonds is 2. The second-order valence-electron chi connectivity index (χ2n) is 7.88. The number of carbonyl (C=O) groups is 2. The van der Waals surface area contributed by atoms with Crippen LogP contribution in [0.15, 0.2) is 0 Å². The molecule has 5 heteroatoms. The van der Waals surface area contributed by atoms with Crippen molar-refractivity contribution in [2.24, 2.45) is 5.41 Å². The molecule has 2 saturated carbocycles. The lowest BCUT2D eigenvalue weighted by Gasteiger charge is -2.38. The number of amides is 3. The van der Waals surface area contributed by atoms with Crippen LogP contribution < -0.4 is 10.6 Å². The maximum atomic E-state index is 12.2. The average molecular weight is 321 g/mol. The maximum absolute atomic E-state index is 12.2. The van der Waals surface area contributed by atoms with Crippen LogP contribution in [-0.2, 0) is 4.79 Å². The summed E-state index contributed by atoms with van der Waals surface area (Å²) in [5, 5.41) is 6.27. The highest BCUT2D eigenvalue weighted by Gasteiger charge is 2.37. The summed E-state index contributed by atoms with van der Waals surface area (Å²) < 4.78 is 0. The van der Waals surface area contributed by atoms with E-state index in [-0.39, 0.29) is 18.0 Å². The molecule has 0 unspecified atom stereocenters. The van der Waals surface area contributed by atoms with Gasteiger partial charge in [-0.2, -0.15) is 0 Å². The zero-order valence-corrected chi connectivity index (χ0v) is 14.4. The van der Waals surface area contributed by atoms with E-state index in [0.717, 1.165) is 38.8 Å². The lowest BCUT2D eigenvalue weighted by Crippen LogP contribution is -2.51. The zero-order chi connectivity index (χ0) is 16.3. The van der Waals surface area contributed by atoms with Crippen molar-refractivity contribution in [2.45, 2.75) is 83.2 Å². The molecule has 23 heavy (non-hydrogen) atoms. The van der Waals surface area contributed by atoms with Crippen molar-refractivity contribution in [3.8, 4) is 0 Å². The van der Waals surface area contributed by atoms with Gasteiger partial charge in [0, 0.05) is 32.1 Å². The van der Waals surface area contributed by atoms with Gasteiger partial charge in [0.15, 0.2) is 0 Å². The minimum absolute atomic E-state index is 0.0151. The van der Waals surface area contributed by atoms with Crippen molar-refractivity contribution in [1.82, 2.24) is 15.5 Å². The van der Waals surface area contributed by atoms with Gasteiger partial charge in [-0.1, -0.05) is 12.8 Å². The van der Waals surface area contributed by atoms with Crippen LogP contribution in [0.4, 0.5) is 4.79 Å². The molecule has 0 aromatic carbocycles. The van der Waals surface area contributed by atoms with E-state index < -0.39 is 0 Å². The van der Waals surface area contributed by atoms with E-state index in [1.807, 2.05) is 4.90 Å². The summed E-state index contributed by atoms with van der Waals surface area (Å²) in [5.74, 6) is 0.135. The molecule has 1 heterocycles. The van der Waals surface area contributed by atoms with E-state index in [1.54, 1.807) is 6.92 Å². The van der Waals surface area contributed by atoms with Gasteiger partial charge >= 0.3 is 6.03 Å². The molecule has 0 bridgehead atoms. The molecule has 3 aliphatic rings. The van der Waals surface area contributed by atoms with Crippen LogP contribution in [0, 0.1) is 5.41 Å². The van der Waals surface area contributed by atoms with Gasteiger partial charge in [0.05, 0.1) is 0 Å². The SMILES string of the molecule is CC(=O)N1CCC(NC(=O)NC2CCC3(CCCC3)CC2)CC1. The molecular weight excluding hydrogens is 290 g/mol. The van der Waals surface area contributed by atoms with Crippen molar-refractivity contribution in [3.05, 3.63) is 0 Å². The number of hydrogen-bond donors (Lipinski definition) is 2. The molecule has 1 spiro atoms. The summed E-state index contributed by atoms with van der Waals surface area (Å²) >= 11 is 0. The predicted octanol–water partition coefficient (Wildman–Crippen LogP) is 2.80. The van der Waals surface area contributed by atoms with Gasteiger partial charge < -0.3 is 15.5 Å². The molecule has 0 aromatic rings. The summed E-state index contributed by atoms with van der Waals surface area (Å²) in [6.07, 6.45) is 12.2. The molecule has 5 nitrogen and oxygen atoms in total. The largest absolute Gasteiger partial charge is 0.343 e. The summed E-state index contributed by atoms with van der Waals surface area (Å²) in [5.41, 5.74) is 0.619. The second kappa shape index (κ2) is 7.10. The van der Waals surface area contributed by atoms with Gasteiger partial charge in [0.2, 0.25) is 5.91 Å². The minimum Gasteiger partial charge on any atom is -0.343 e. The minimum atomic E-state index is -0.0151. The van der Waals surface area contributed by atoms with Crippen molar-refractivity contribution >= 4 is 11.9 Å².